The molecule has 1 N–H and O–H groups in total. The molecular formula is C21H30FN3O2S. The van der Waals surface area contributed by atoms with E-state index in [0.717, 1.165) is 50.9 Å². The molecule has 3 fully saturated rings. The van der Waals surface area contributed by atoms with Gasteiger partial charge in [-0.25, -0.2) is 17.1 Å². The van der Waals surface area contributed by atoms with Gasteiger partial charge in [-0.3, -0.25) is 4.90 Å². The summed E-state index contributed by atoms with van der Waals surface area (Å²) in [6, 6.07) is 7.16. The second-order valence-corrected chi connectivity index (χ2v) is 10.4. The van der Waals surface area contributed by atoms with Crippen LogP contribution in [0.2, 0.25) is 0 Å². The molecule has 1 unspecified atom stereocenters. The van der Waals surface area contributed by atoms with E-state index < -0.39 is 10.0 Å². The fourth-order valence-corrected chi connectivity index (χ4v) is 6.63. The van der Waals surface area contributed by atoms with E-state index in [1.165, 1.54) is 6.07 Å². The molecule has 1 aliphatic carbocycles. The summed E-state index contributed by atoms with van der Waals surface area (Å²) in [5, 5.41) is 3.26. The molecule has 1 aromatic rings. The Hall–Kier alpha value is -1.28. The third kappa shape index (κ3) is 4.03. The molecule has 2 saturated heterocycles. The molecule has 1 saturated carbocycles. The Labute approximate surface area is 167 Å². The lowest BCUT2D eigenvalue weighted by molar-refractivity contribution is 0.0688. The van der Waals surface area contributed by atoms with Crippen LogP contribution in [0, 0.1) is 11.7 Å². The van der Waals surface area contributed by atoms with Gasteiger partial charge in [-0.15, -0.1) is 6.58 Å². The Morgan fingerprint density at radius 3 is 2.57 bits per heavy atom. The van der Waals surface area contributed by atoms with Gasteiger partial charge in [0.2, 0.25) is 10.0 Å². The van der Waals surface area contributed by atoms with Crippen molar-refractivity contribution in [2.24, 2.45) is 5.92 Å². The molecule has 5 nitrogen and oxygen atoms in total. The maximum Gasteiger partial charge on any atom is 0.216 e. The molecular weight excluding hydrogens is 377 g/mol. The van der Waals surface area contributed by atoms with Crippen molar-refractivity contribution >= 4 is 10.0 Å². The SMILES string of the molecule is C=C[C@H]1CNCCN1C(c1cccc(F)c1)C1CCN(S(=O)(=O)C2CC2)CC1. The smallest absolute Gasteiger partial charge is 0.216 e. The van der Waals surface area contributed by atoms with E-state index in [1.807, 2.05) is 12.1 Å². The molecule has 2 aliphatic heterocycles. The van der Waals surface area contributed by atoms with Gasteiger partial charge in [0.15, 0.2) is 0 Å². The van der Waals surface area contributed by atoms with Crippen LogP contribution < -0.4 is 5.32 Å². The van der Waals surface area contributed by atoms with E-state index in [9.17, 15) is 12.8 Å². The second kappa shape index (κ2) is 8.22. The normalized spacial score (nSPS) is 26.8. The summed E-state index contributed by atoms with van der Waals surface area (Å²) in [6.07, 6.45) is 5.18. The van der Waals surface area contributed by atoms with E-state index in [2.05, 4.69) is 16.8 Å². The Morgan fingerprint density at radius 2 is 1.93 bits per heavy atom. The molecule has 0 radical (unpaired) electrons. The molecule has 2 heterocycles. The predicted molar refractivity (Wildman–Crippen MR) is 109 cm³/mol. The highest BCUT2D eigenvalue weighted by atomic mass is 32.2. The summed E-state index contributed by atoms with van der Waals surface area (Å²) in [6.45, 7) is 7.74. The van der Waals surface area contributed by atoms with Crippen molar-refractivity contribution in [1.82, 2.24) is 14.5 Å². The third-order valence-corrected chi connectivity index (χ3v) is 8.80. The number of benzene rings is 1. The zero-order chi connectivity index (χ0) is 19.7. The van der Waals surface area contributed by atoms with Crippen molar-refractivity contribution in [3.05, 3.63) is 48.3 Å². The Balaban J connectivity index is 1.56. The van der Waals surface area contributed by atoms with Crippen molar-refractivity contribution in [3.63, 3.8) is 0 Å². The first-order valence-corrected chi connectivity index (χ1v) is 11.8. The number of hydrogen-bond donors (Lipinski definition) is 1. The minimum absolute atomic E-state index is 0.0755. The predicted octanol–water partition coefficient (Wildman–Crippen LogP) is 2.53. The summed E-state index contributed by atoms with van der Waals surface area (Å²) in [5.41, 5.74) is 0.984. The average molecular weight is 408 g/mol. The average Bonchev–Trinajstić information content (AvgIpc) is 3.55. The standard InChI is InChI=1S/C21H30FN3O2S/c1-2-19-15-23-10-13-25(19)21(17-4-3-5-18(22)14-17)16-8-11-24(12-9-16)28(26,27)20-6-7-20/h2-5,14,16,19-21,23H,1,6-13,15H2/t19-,21?/m0/s1. The quantitative estimate of drug-likeness (QED) is 0.737. The number of halogens is 1. The van der Waals surface area contributed by atoms with E-state index in [0.29, 0.717) is 19.0 Å². The largest absolute Gasteiger partial charge is 0.314 e. The van der Waals surface area contributed by atoms with E-state index in [-0.39, 0.29) is 23.2 Å². The Kier molecular flexibility index (Phi) is 5.88. The van der Waals surface area contributed by atoms with Gasteiger partial charge in [-0.05, 0) is 49.3 Å². The van der Waals surface area contributed by atoms with Crippen LogP contribution in [-0.4, -0.2) is 61.6 Å². The Bertz CT molecular complexity index is 804. The van der Waals surface area contributed by atoms with E-state index in [1.54, 1.807) is 16.4 Å². The lowest BCUT2D eigenvalue weighted by Crippen LogP contribution is -2.54. The summed E-state index contributed by atoms with van der Waals surface area (Å²) in [5.74, 6) is 0.0783. The van der Waals surface area contributed by atoms with Gasteiger partial charge in [0, 0.05) is 44.8 Å². The van der Waals surface area contributed by atoms with Crippen LogP contribution >= 0.6 is 0 Å². The number of sulfonamides is 1. The lowest BCUT2D eigenvalue weighted by Gasteiger charge is -2.46. The molecule has 2 atom stereocenters. The lowest BCUT2D eigenvalue weighted by atomic mass is 9.83. The molecule has 0 spiro atoms. The zero-order valence-electron chi connectivity index (χ0n) is 16.3. The van der Waals surface area contributed by atoms with Gasteiger partial charge in [0.05, 0.1) is 5.25 Å². The topological polar surface area (TPSA) is 52.6 Å². The van der Waals surface area contributed by atoms with Crippen LogP contribution in [0.1, 0.15) is 37.3 Å². The minimum atomic E-state index is -3.12. The van der Waals surface area contributed by atoms with Crippen molar-refractivity contribution in [1.29, 1.82) is 0 Å². The molecule has 4 rings (SSSR count). The van der Waals surface area contributed by atoms with Crippen LogP contribution in [-0.2, 0) is 10.0 Å². The van der Waals surface area contributed by atoms with Crippen molar-refractivity contribution < 1.29 is 12.8 Å². The maximum absolute atomic E-state index is 14.0. The van der Waals surface area contributed by atoms with Crippen molar-refractivity contribution in [3.8, 4) is 0 Å². The first-order chi connectivity index (χ1) is 13.5. The Morgan fingerprint density at radius 1 is 1.18 bits per heavy atom. The molecule has 0 bridgehead atoms. The van der Waals surface area contributed by atoms with Gasteiger partial charge in [0.25, 0.3) is 0 Å². The summed E-state index contributed by atoms with van der Waals surface area (Å²) in [7, 11) is -3.12. The molecule has 0 amide bonds. The molecule has 154 valence electrons. The summed E-state index contributed by atoms with van der Waals surface area (Å²) < 4.78 is 40.9. The fourth-order valence-electron chi connectivity index (χ4n) is 4.75. The van der Waals surface area contributed by atoms with Crippen LogP contribution in [0.25, 0.3) is 0 Å². The van der Waals surface area contributed by atoms with Gasteiger partial charge in [-0.1, -0.05) is 18.2 Å². The number of piperidine rings is 1. The molecule has 0 aromatic heterocycles. The maximum atomic E-state index is 14.0. The highest BCUT2D eigenvalue weighted by Gasteiger charge is 2.43. The molecule has 3 aliphatic rings. The summed E-state index contributed by atoms with van der Waals surface area (Å²) in [4.78, 5) is 2.42. The molecule has 1 aromatic carbocycles. The minimum Gasteiger partial charge on any atom is -0.314 e. The van der Waals surface area contributed by atoms with Crippen LogP contribution in [0.3, 0.4) is 0 Å². The van der Waals surface area contributed by atoms with Gasteiger partial charge >= 0.3 is 0 Å². The van der Waals surface area contributed by atoms with Crippen molar-refractivity contribution in [2.45, 2.75) is 43.0 Å². The van der Waals surface area contributed by atoms with E-state index >= 15 is 0 Å². The zero-order valence-corrected chi connectivity index (χ0v) is 17.1. The van der Waals surface area contributed by atoms with Crippen molar-refractivity contribution in [2.75, 3.05) is 32.7 Å². The van der Waals surface area contributed by atoms with E-state index in [4.69, 9.17) is 0 Å². The number of hydrogen-bond acceptors (Lipinski definition) is 4. The molecule has 7 heteroatoms. The number of nitrogens with zero attached hydrogens (tertiary/aromatic N) is 2. The number of nitrogens with one attached hydrogen (secondary N) is 1. The van der Waals surface area contributed by atoms with Crippen LogP contribution in [0.5, 0.6) is 0 Å². The fraction of sp³-hybridized carbons (Fsp3) is 0.619. The molecule has 28 heavy (non-hydrogen) atoms. The van der Waals surface area contributed by atoms with Gasteiger partial charge < -0.3 is 5.32 Å². The summed E-state index contributed by atoms with van der Waals surface area (Å²) >= 11 is 0. The highest BCUT2D eigenvalue weighted by Crippen LogP contribution is 2.39. The highest BCUT2D eigenvalue weighted by molar-refractivity contribution is 7.90. The first-order valence-electron chi connectivity index (χ1n) is 10.3. The number of rotatable bonds is 6. The second-order valence-electron chi connectivity index (χ2n) is 8.23. The van der Waals surface area contributed by atoms with Gasteiger partial charge in [0.1, 0.15) is 5.82 Å². The first kappa shape index (κ1) is 20.0. The van der Waals surface area contributed by atoms with Crippen LogP contribution in [0.4, 0.5) is 4.39 Å². The van der Waals surface area contributed by atoms with Crippen LogP contribution in [0.15, 0.2) is 36.9 Å². The number of piperazine rings is 1. The third-order valence-electron chi connectivity index (χ3n) is 6.40. The monoisotopic (exact) mass is 407 g/mol. The van der Waals surface area contributed by atoms with Gasteiger partial charge in [-0.2, -0.15) is 0 Å².